The lowest BCUT2D eigenvalue weighted by Crippen LogP contribution is -2.46. The van der Waals surface area contributed by atoms with Gasteiger partial charge in [-0.05, 0) is 31.9 Å². The summed E-state index contributed by atoms with van der Waals surface area (Å²) in [5.41, 5.74) is 0.403. The summed E-state index contributed by atoms with van der Waals surface area (Å²) in [4.78, 5) is 23.8. The lowest BCUT2D eigenvalue weighted by atomic mass is 10.1. The summed E-state index contributed by atoms with van der Waals surface area (Å²) in [5.74, 6) is -0.495. The van der Waals surface area contributed by atoms with E-state index in [9.17, 15) is 14.7 Å². The van der Waals surface area contributed by atoms with E-state index in [1.165, 1.54) is 0 Å². The van der Waals surface area contributed by atoms with Crippen molar-refractivity contribution in [2.75, 3.05) is 13.2 Å². The van der Waals surface area contributed by atoms with Gasteiger partial charge in [-0.1, -0.05) is 18.2 Å². The molecular formula is C15H20N2O3. The van der Waals surface area contributed by atoms with Gasteiger partial charge in [0.25, 0.3) is 5.91 Å². The van der Waals surface area contributed by atoms with Crippen LogP contribution in [0.5, 0.6) is 0 Å². The van der Waals surface area contributed by atoms with Gasteiger partial charge >= 0.3 is 0 Å². The summed E-state index contributed by atoms with van der Waals surface area (Å²) in [7, 11) is 0. The van der Waals surface area contributed by atoms with Crippen LogP contribution in [0.1, 0.15) is 30.1 Å². The molecule has 20 heavy (non-hydrogen) atoms. The van der Waals surface area contributed by atoms with Gasteiger partial charge in [0.15, 0.2) is 0 Å². The van der Waals surface area contributed by atoms with Gasteiger partial charge in [-0.2, -0.15) is 0 Å². The molecule has 0 radical (unpaired) electrons. The molecule has 0 spiro atoms. The molecule has 3 N–H and O–H groups in total. The van der Waals surface area contributed by atoms with E-state index in [4.69, 9.17) is 0 Å². The average Bonchev–Trinajstić information content (AvgIpc) is 3.26. The summed E-state index contributed by atoms with van der Waals surface area (Å²) >= 11 is 0. The van der Waals surface area contributed by atoms with Crippen molar-refractivity contribution in [3.63, 3.8) is 0 Å². The molecule has 0 aliphatic heterocycles. The smallest absolute Gasteiger partial charge is 0.251 e. The highest BCUT2D eigenvalue weighted by Crippen LogP contribution is 2.44. The number of benzene rings is 1. The van der Waals surface area contributed by atoms with Gasteiger partial charge in [0.2, 0.25) is 5.91 Å². The Balaban J connectivity index is 1.80. The molecule has 1 aromatic carbocycles. The molecule has 5 nitrogen and oxygen atoms in total. The molecule has 1 saturated carbocycles. The third-order valence-corrected chi connectivity index (χ3v) is 3.71. The van der Waals surface area contributed by atoms with Crippen molar-refractivity contribution in [2.45, 2.75) is 25.8 Å². The van der Waals surface area contributed by atoms with Crippen LogP contribution in [-0.4, -0.2) is 36.1 Å². The van der Waals surface area contributed by atoms with E-state index in [0.29, 0.717) is 12.1 Å². The highest BCUT2D eigenvalue weighted by molar-refractivity contribution is 5.97. The van der Waals surface area contributed by atoms with Crippen molar-refractivity contribution >= 4 is 11.8 Å². The van der Waals surface area contributed by atoms with Crippen molar-refractivity contribution < 1.29 is 14.7 Å². The molecule has 1 aliphatic rings. The van der Waals surface area contributed by atoms with Crippen molar-refractivity contribution in [3.8, 4) is 0 Å². The largest absolute Gasteiger partial charge is 0.396 e. The molecule has 1 fully saturated rings. The quantitative estimate of drug-likeness (QED) is 0.715. The van der Waals surface area contributed by atoms with Crippen LogP contribution in [0.15, 0.2) is 30.3 Å². The number of hydrogen-bond donors (Lipinski definition) is 3. The fraction of sp³-hybridized carbons (Fsp3) is 0.467. The van der Waals surface area contributed by atoms with Crippen LogP contribution in [-0.2, 0) is 4.79 Å². The van der Waals surface area contributed by atoms with Crippen LogP contribution in [0.2, 0.25) is 0 Å². The van der Waals surface area contributed by atoms with Gasteiger partial charge < -0.3 is 15.7 Å². The monoisotopic (exact) mass is 276 g/mol. The summed E-state index contributed by atoms with van der Waals surface area (Å²) in [6, 6.07) is 8.18. The average molecular weight is 276 g/mol. The number of carbonyl (C=O) groups is 2. The topological polar surface area (TPSA) is 78.4 Å². The van der Waals surface area contributed by atoms with E-state index in [0.717, 1.165) is 12.8 Å². The Hall–Kier alpha value is -1.88. The molecule has 2 amide bonds. The van der Waals surface area contributed by atoms with Crippen molar-refractivity contribution in [1.82, 2.24) is 10.6 Å². The van der Waals surface area contributed by atoms with Crippen LogP contribution in [0.25, 0.3) is 0 Å². The highest BCUT2D eigenvalue weighted by atomic mass is 16.3. The number of rotatable bonds is 6. The first-order valence-electron chi connectivity index (χ1n) is 6.81. The van der Waals surface area contributed by atoms with Gasteiger partial charge in [-0.25, -0.2) is 0 Å². The van der Waals surface area contributed by atoms with Gasteiger partial charge in [-0.3, -0.25) is 9.59 Å². The first-order valence-corrected chi connectivity index (χ1v) is 6.81. The third kappa shape index (κ3) is 3.57. The highest BCUT2D eigenvalue weighted by Gasteiger charge is 2.42. The first-order chi connectivity index (χ1) is 9.56. The van der Waals surface area contributed by atoms with Crippen LogP contribution < -0.4 is 10.6 Å². The molecule has 1 aromatic rings. The van der Waals surface area contributed by atoms with Crippen LogP contribution in [0.4, 0.5) is 0 Å². The number of carbonyl (C=O) groups excluding carboxylic acids is 2. The maximum Gasteiger partial charge on any atom is 0.251 e. The summed E-state index contributed by atoms with van der Waals surface area (Å²) in [6.07, 6.45) is 1.88. The Morgan fingerprint density at radius 1 is 1.30 bits per heavy atom. The first kappa shape index (κ1) is 14.5. The molecule has 0 saturated heterocycles. The Kier molecular flexibility index (Phi) is 4.39. The van der Waals surface area contributed by atoms with E-state index in [1.807, 2.05) is 6.07 Å². The van der Waals surface area contributed by atoms with Crippen molar-refractivity contribution in [2.24, 2.45) is 5.41 Å². The fourth-order valence-corrected chi connectivity index (χ4v) is 1.93. The lowest BCUT2D eigenvalue weighted by molar-refractivity contribution is -0.122. The molecule has 0 aromatic heterocycles. The Morgan fingerprint density at radius 2 is 1.95 bits per heavy atom. The second-order valence-electron chi connectivity index (χ2n) is 5.44. The standard InChI is InChI=1S/C15H20N2O3/c1-11(13(19)16-9-15(10-18)7-8-15)17-14(20)12-5-3-2-4-6-12/h2-6,11,18H,7-10H2,1H3,(H,16,19)(H,17,20). The SMILES string of the molecule is CC(NC(=O)c1ccccc1)C(=O)NCC1(CO)CC1. The molecular weight excluding hydrogens is 256 g/mol. The lowest BCUT2D eigenvalue weighted by Gasteiger charge is -2.17. The predicted molar refractivity (Wildman–Crippen MR) is 75.1 cm³/mol. The number of nitrogens with one attached hydrogen (secondary N) is 2. The molecule has 5 heteroatoms. The minimum Gasteiger partial charge on any atom is -0.396 e. The van der Waals surface area contributed by atoms with Crippen molar-refractivity contribution in [1.29, 1.82) is 0 Å². The summed E-state index contributed by atoms with van der Waals surface area (Å²) in [5, 5.41) is 14.6. The molecule has 2 rings (SSSR count). The normalized spacial score (nSPS) is 17.1. The molecule has 1 atom stereocenters. The Morgan fingerprint density at radius 3 is 2.50 bits per heavy atom. The second-order valence-corrected chi connectivity index (χ2v) is 5.44. The Labute approximate surface area is 118 Å². The van der Waals surface area contributed by atoms with E-state index >= 15 is 0 Å². The number of aliphatic hydroxyl groups excluding tert-OH is 1. The minimum atomic E-state index is -0.600. The number of amides is 2. The van der Waals surface area contributed by atoms with E-state index in [1.54, 1.807) is 31.2 Å². The zero-order valence-electron chi connectivity index (χ0n) is 11.6. The maximum absolute atomic E-state index is 11.9. The van der Waals surface area contributed by atoms with Crippen molar-refractivity contribution in [3.05, 3.63) is 35.9 Å². The third-order valence-electron chi connectivity index (χ3n) is 3.71. The molecule has 1 unspecified atom stereocenters. The second kappa shape index (κ2) is 6.05. The molecule has 0 heterocycles. The molecule has 0 bridgehead atoms. The van der Waals surface area contributed by atoms with E-state index in [-0.39, 0.29) is 23.8 Å². The number of aliphatic hydroxyl groups is 1. The minimum absolute atomic E-state index is 0.0953. The van der Waals surface area contributed by atoms with E-state index in [2.05, 4.69) is 10.6 Å². The Bertz CT molecular complexity index is 483. The zero-order valence-corrected chi connectivity index (χ0v) is 11.6. The fourth-order valence-electron chi connectivity index (χ4n) is 1.93. The van der Waals surface area contributed by atoms with Crippen LogP contribution >= 0.6 is 0 Å². The van der Waals surface area contributed by atoms with Crippen LogP contribution in [0, 0.1) is 5.41 Å². The van der Waals surface area contributed by atoms with Crippen LogP contribution in [0.3, 0.4) is 0 Å². The van der Waals surface area contributed by atoms with Gasteiger partial charge in [-0.15, -0.1) is 0 Å². The molecule has 1 aliphatic carbocycles. The predicted octanol–water partition coefficient (Wildman–Crippen LogP) is 0.694. The zero-order chi connectivity index (χ0) is 14.6. The van der Waals surface area contributed by atoms with Gasteiger partial charge in [0.1, 0.15) is 6.04 Å². The van der Waals surface area contributed by atoms with Gasteiger partial charge in [0.05, 0.1) is 6.61 Å². The molecule has 108 valence electrons. The summed E-state index contributed by atoms with van der Waals surface area (Å²) < 4.78 is 0. The van der Waals surface area contributed by atoms with Gasteiger partial charge in [0, 0.05) is 17.5 Å². The number of hydrogen-bond acceptors (Lipinski definition) is 3. The summed E-state index contributed by atoms with van der Waals surface area (Å²) in [6.45, 7) is 2.21. The van der Waals surface area contributed by atoms with E-state index < -0.39 is 6.04 Å². The maximum atomic E-state index is 11.9.